The lowest BCUT2D eigenvalue weighted by Crippen LogP contribution is -2.33. The third-order valence-corrected chi connectivity index (χ3v) is 12.4. The fourth-order valence-electron chi connectivity index (χ4n) is 7.67. The summed E-state index contributed by atoms with van der Waals surface area (Å²) >= 11 is 0. The second kappa shape index (κ2) is 40.0. The molecule has 0 heterocycles. The van der Waals surface area contributed by atoms with Crippen molar-refractivity contribution in [1.82, 2.24) is 0 Å². The van der Waals surface area contributed by atoms with Crippen molar-refractivity contribution in [2.45, 2.75) is 163 Å². The molecule has 73 heavy (non-hydrogen) atoms. The maximum absolute atomic E-state index is 12.9. The van der Waals surface area contributed by atoms with Crippen LogP contribution in [0, 0.1) is 11.8 Å². The molecule has 0 aliphatic carbocycles. The van der Waals surface area contributed by atoms with Crippen LogP contribution >= 0.6 is 0 Å². The van der Waals surface area contributed by atoms with Gasteiger partial charge in [0, 0.05) is 16.7 Å². The number of hydrogen-bond donors (Lipinski definition) is 0. The molecule has 0 aromatic heterocycles. The Morgan fingerprint density at radius 1 is 0.342 bits per heavy atom. The Kier molecular flexibility index (Phi) is 33.9. The van der Waals surface area contributed by atoms with Crippen molar-refractivity contribution < 1.29 is 42.8 Å². The van der Waals surface area contributed by atoms with Crippen LogP contribution in [0.3, 0.4) is 0 Å². The van der Waals surface area contributed by atoms with Crippen molar-refractivity contribution in [1.29, 1.82) is 0 Å². The van der Waals surface area contributed by atoms with E-state index in [0.717, 1.165) is 51.4 Å². The molecule has 0 amide bonds. The Morgan fingerprint density at radius 3 is 0.959 bits per heavy atom. The summed E-state index contributed by atoms with van der Waals surface area (Å²) in [5.41, 5.74) is 1.86. The second-order valence-electron chi connectivity index (χ2n) is 18.4. The largest absolute Gasteiger partial charge is 0.448 e. The van der Waals surface area contributed by atoms with Gasteiger partial charge in [-0.05, 0) is 61.8 Å². The van der Waals surface area contributed by atoms with Crippen LogP contribution in [0.2, 0.25) is 0 Å². The van der Waals surface area contributed by atoms with Gasteiger partial charge >= 0.3 is 6.29 Å². The molecule has 0 spiro atoms. The van der Waals surface area contributed by atoms with E-state index in [9.17, 15) is 14.4 Å². The van der Waals surface area contributed by atoms with Crippen molar-refractivity contribution >= 4 is 17.3 Å². The smallest absolute Gasteiger partial charge is 0.305 e. The first kappa shape index (κ1) is 61.8. The number of carbonyl (C=O) groups is 3. The molecule has 5 aromatic rings. The zero-order valence-corrected chi connectivity index (χ0v) is 45.1. The Bertz CT molecular complexity index is 2030. The molecule has 5 rings (SSSR count). The van der Waals surface area contributed by atoms with Crippen LogP contribution < -0.4 is 9.47 Å². The fraction of sp³-hybridized carbons (Fsp3) is 0.484. The second-order valence-corrected chi connectivity index (χ2v) is 18.4. The van der Waals surface area contributed by atoms with Crippen molar-refractivity contribution in [3.8, 4) is 11.5 Å². The van der Waals surface area contributed by atoms with Crippen LogP contribution in [0.15, 0.2) is 152 Å². The summed E-state index contributed by atoms with van der Waals surface area (Å²) in [6, 6.07) is 46.0. The van der Waals surface area contributed by atoms with Gasteiger partial charge < -0.3 is 28.4 Å². The van der Waals surface area contributed by atoms with Crippen LogP contribution in [0.25, 0.3) is 0 Å². The number of unbranched alkanes of at least 4 members (excludes halogenated alkanes) is 8. The first-order valence-electron chi connectivity index (χ1n) is 27.5. The zero-order chi connectivity index (χ0) is 52.6. The van der Waals surface area contributed by atoms with Crippen molar-refractivity contribution in [2.24, 2.45) is 11.8 Å². The van der Waals surface area contributed by atoms with Crippen LogP contribution in [-0.4, -0.2) is 62.6 Å². The van der Waals surface area contributed by atoms with Gasteiger partial charge in [-0.1, -0.05) is 246 Å². The Balaban J connectivity index is 0.000000290. The average molecular weight is 1000 g/mol. The van der Waals surface area contributed by atoms with Crippen LogP contribution in [0.1, 0.15) is 175 Å². The van der Waals surface area contributed by atoms with E-state index in [0.29, 0.717) is 66.5 Å². The lowest BCUT2D eigenvalue weighted by molar-refractivity contribution is -0.131. The molecule has 0 bridgehead atoms. The highest BCUT2D eigenvalue weighted by Gasteiger charge is 2.26. The molecule has 2 atom stereocenters. The van der Waals surface area contributed by atoms with Gasteiger partial charge in [0.1, 0.15) is 11.5 Å². The molecule has 398 valence electrons. The Morgan fingerprint density at radius 2 is 0.644 bits per heavy atom. The number of benzene rings is 5. The fourth-order valence-corrected chi connectivity index (χ4v) is 7.67. The topological polar surface area (TPSA) is 107 Å². The van der Waals surface area contributed by atoms with E-state index in [1.54, 1.807) is 36.4 Å². The van der Waals surface area contributed by atoms with Gasteiger partial charge in [0.2, 0.25) is 29.9 Å². The molecule has 0 fully saturated rings. The molecule has 0 saturated carbocycles. The molecule has 0 N–H and O–H groups in total. The van der Waals surface area contributed by atoms with E-state index >= 15 is 0 Å². The SMILES string of the molecule is CCCCC(CC)COC(OCC(CC)CCCC)C(=O)c1ccccc1.CCCCCCOC(OCCCCCC)C(=O)c1ccccc1.O=C(c1ccccc1)C(Oc1ccccc1)Oc1ccccc1. The third kappa shape index (κ3) is 26.4. The molecule has 0 aliphatic heterocycles. The quantitative estimate of drug-likeness (QED) is 0.0220. The zero-order valence-electron chi connectivity index (χ0n) is 45.1. The molecule has 0 saturated heterocycles. The highest BCUT2D eigenvalue weighted by molar-refractivity contribution is 5.99. The minimum Gasteiger partial charge on any atom is -0.448 e. The third-order valence-electron chi connectivity index (χ3n) is 12.4. The van der Waals surface area contributed by atoms with Crippen molar-refractivity contribution in [3.63, 3.8) is 0 Å². The molecule has 9 nitrogen and oxygen atoms in total. The standard InChI is InChI=1S/C24H40O3.C20H16O3.C20H32O3/c1-5-9-14-20(7-3)18-26-24(23(25)22-16-12-11-13-17-22)27-19-21(8-4)15-10-6-2;21-19(16-10-4-1-5-11-16)20(22-17-12-6-2-7-13-17)23-18-14-8-3-9-15-18;1-3-5-7-12-16-22-20(23-17-13-8-6-4-2)19(21)18-14-10-9-11-15-18/h11-13,16-17,20-21,24H,5-10,14-15,18-19H2,1-4H3;1-15,20H;9-11,14-15,20H,3-8,12-13,16-17H2,1-2H3. The maximum atomic E-state index is 12.9. The van der Waals surface area contributed by atoms with Crippen molar-refractivity contribution in [3.05, 3.63) is 168 Å². The Hall–Kier alpha value is -5.45. The monoisotopic (exact) mass is 1000 g/mol. The van der Waals surface area contributed by atoms with Gasteiger partial charge in [-0.15, -0.1) is 0 Å². The van der Waals surface area contributed by atoms with E-state index in [-0.39, 0.29) is 17.3 Å². The number of hydrogen-bond acceptors (Lipinski definition) is 9. The maximum Gasteiger partial charge on any atom is 0.305 e. The van der Waals surface area contributed by atoms with Gasteiger partial charge in [0.25, 0.3) is 0 Å². The summed E-state index contributed by atoms with van der Waals surface area (Å²) in [4.78, 5) is 38.2. The molecule has 5 aromatic carbocycles. The molecular formula is C64H88O9. The van der Waals surface area contributed by atoms with Gasteiger partial charge in [-0.3, -0.25) is 14.4 Å². The molecule has 0 radical (unpaired) electrons. The van der Waals surface area contributed by atoms with E-state index in [2.05, 4.69) is 41.5 Å². The highest BCUT2D eigenvalue weighted by atomic mass is 16.7. The minimum atomic E-state index is -1.04. The Labute approximate surface area is 439 Å². The number of ketones is 3. The van der Waals surface area contributed by atoms with Crippen LogP contribution in [-0.2, 0) is 18.9 Å². The summed E-state index contributed by atoms with van der Waals surface area (Å²) in [7, 11) is 0. The number of rotatable bonds is 36. The highest BCUT2D eigenvalue weighted by Crippen LogP contribution is 2.21. The number of carbonyl (C=O) groups excluding carboxylic acids is 3. The predicted molar refractivity (Wildman–Crippen MR) is 297 cm³/mol. The first-order valence-corrected chi connectivity index (χ1v) is 27.5. The van der Waals surface area contributed by atoms with E-state index in [4.69, 9.17) is 28.4 Å². The van der Waals surface area contributed by atoms with E-state index in [1.807, 2.05) is 115 Å². The summed E-state index contributed by atoms with van der Waals surface area (Å²) in [5, 5.41) is 0. The lowest BCUT2D eigenvalue weighted by atomic mass is 10.0. The summed E-state index contributed by atoms with van der Waals surface area (Å²) in [5.74, 6) is 1.78. The summed E-state index contributed by atoms with van der Waals surface area (Å²) in [6.07, 6.45) is 15.7. The van der Waals surface area contributed by atoms with Crippen LogP contribution in [0.5, 0.6) is 11.5 Å². The minimum absolute atomic E-state index is 0.0636. The summed E-state index contributed by atoms with van der Waals surface area (Å²) < 4.78 is 35.1. The van der Waals surface area contributed by atoms with Gasteiger partial charge in [-0.25, -0.2) is 0 Å². The lowest BCUT2D eigenvalue weighted by Gasteiger charge is -2.23. The van der Waals surface area contributed by atoms with Gasteiger partial charge in [0.15, 0.2) is 0 Å². The molecule has 9 heteroatoms. The molecular weight excluding hydrogens is 913 g/mol. The van der Waals surface area contributed by atoms with E-state index in [1.165, 1.54) is 51.4 Å². The molecule has 0 aliphatic rings. The predicted octanol–water partition coefficient (Wildman–Crippen LogP) is 16.4. The molecule has 2 unspecified atom stereocenters. The van der Waals surface area contributed by atoms with Gasteiger partial charge in [0.05, 0.1) is 26.4 Å². The summed E-state index contributed by atoms with van der Waals surface area (Å²) in [6.45, 7) is 15.5. The first-order chi connectivity index (χ1) is 35.8. The number of Topliss-reactive ketones (excluding diaryl/α,β-unsaturated/α-hetero) is 3. The normalized spacial score (nSPS) is 12.2. The van der Waals surface area contributed by atoms with Gasteiger partial charge in [-0.2, -0.15) is 0 Å². The van der Waals surface area contributed by atoms with Crippen LogP contribution in [0.4, 0.5) is 0 Å². The number of para-hydroxylation sites is 2. The van der Waals surface area contributed by atoms with Crippen molar-refractivity contribution in [2.75, 3.05) is 26.4 Å². The number of ether oxygens (including phenoxy) is 6. The average Bonchev–Trinajstić information content (AvgIpc) is 3.44. The van der Waals surface area contributed by atoms with E-state index < -0.39 is 18.9 Å².